The van der Waals surface area contributed by atoms with Gasteiger partial charge in [0.05, 0.1) is 11.6 Å². The second-order valence-corrected chi connectivity index (χ2v) is 7.66. The Bertz CT molecular complexity index is 924. The number of benzene rings is 2. The maximum atomic E-state index is 12.6. The molecule has 5 heteroatoms. The molecule has 2 heterocycles. The van der Waals surface area contributed by atoms with Crippen LogP contribution in [0.25, 0.3) is 10.9 Å². The third-order valence-electron chi connectivity index (χ3n) is 4.75. The van der Waals surface area contributed by atoms with Crippen LogP contribution in [-0.2, 0) is 11.3 Å². The van der Waals surface area contributed by atoms with Gasteiger partial charge in [-0.25, -0.2) is 0 Å². The molecule has 0 amide bonds. The Kier molecular flexibility index (Phi) is 5.82. The molecule has 2 aromatic carbocycles. The molecular weight excluding hydrogens is 356 g/mol. The summed E-state index contributed by atoms with van der Waals surface area (Å²) in [5.41, 5.74) is 2.77. The maximum Gasteiger partial charge on any atom is 0.224 e. The number of nitrogens with one attached hydrogen (secondary N) is 1. The van der Waals surface area contributed by atoms with Crippen LogP contribution in [0.1, 0.15) is 28.8 Å². The van der Waals surface area contributed by atoms with Gasteiger partial charge in [0, 0.05) is 41.7 Å². The molecular formula is C22H22N2O2S. The first kappa shape index (κ1) is 18.2. The van der Waals surface area contributed by atoms with Gasteiger partial charge < -0.3 is 10.1 Å². The van der Waals surface area contributed by atoms with E-state index in [4.69, 9.17) is 4.74 Å². The average Bonchev–Trinajstić information content (AvgIpc) is 3.23. The van der Waals surface area contributed by atoms with Gasteiger partial charge in [-0.15, -0.1) is 0 Å². The molecule has 138 valence electrons. The zero-order valence-corrected chi connectivity index (χ0v) is 15.9. The third kappa shape index (κ3) is 4.38. The minimum absolute atomic E-state index is 0.0341. The zero-order valence-electron chi connectivity index (χ0n) is 15.1. The number of hydrogen-bond donors (Lipinski definition) is 1. The number of thioether (sulfide) groups is 1. The highest BCUT2D eigenvalue weighted by atomic mass is 32.2. The Balaban J connectivity index is 1.52. The summed E-state index contributed by atoms with van der Waals surface area (Å²) in [4.78, 5) is 18.0. The molecule has 3 aromatic rings. The summed E-state index contributed by atoms with van der Waals surface area (Å²) in [5.74, 6) is 0. The molecule has 1 atom stereocenters. The second kappa shape index (κ2) is 8.65. The predicted molar refractivity (Wildman–Crippen MR) is 109 cm³/mol. The number of fused-ring (bicyclic) bond motifs is 1. The minimum atomic E-state index is 0.0341. The van der Waals surface area contributed by atoms with E-state index in [1.807, 2.05) is 42.5 Å². The highest BCUT2D eigenvalue weighted by Gasteiger charge is 2.16. The summed E-state index contributed by atoms with van der Waals surface area (Å²) in [7, 11) is 0. The van der Waals surface area contributed by atoms with Crippen molar-refractivity contribution in [2.45, 2.75) is 30.4 Å². The molecule has 4 nitrogen and oxygen atoms in total. The third-order valence-corrected chi connectivity index (χ3v) is 5.72. The molecule has 0 bridgehead atoms. The lowest BCUT2D eigenvalue weighted by molar-refractivity contribution is 0.108. The Morgan fingerprint density at radius 3 is 2.85 bits per heavy atom. The maximum absolute atomic E-state index is 12.6. The van der Waals surface area contributed by atoms with Gasteiger partial charge in [0.2, 0.25) is 5.12 Å². The largest absolute Gasteiger partial charge is 0.377 e. The summed E-state index contributed by atoms with van der Waals surface area (Å²) in [6.45, 7) is 2.50. The number of pyridine rings is 1. The van der Waals surface area contributed by atoms with E-state index in [2.05, 4.69) is 22.4 Å². The first-order valence-corrected chi connectivity index (χ1v) is 10.1. The van der Waals surface area contributed by atoms with Crippen LogP contribution < -0.4 is 5.32 Å². The highest BCUT2D eigenvalue weighted by Crippen LogP contribution is 2.31. The van der Waals surface area contributed by atoms with E-state index in [0.717, 1.165) is 48.3 Å². The quantitative estimate of drug-likeness (QED) is 0.643. The molecule has 1 saturated heterocycles. The highest BCUT2D eigenvalue weighted by molar-refractivity contribution is 8.14. The van der Waals surface area contributed by atoms with Crippen molar-refractivity contribution in [2.75, 3.05) is 13.2 Å². The van der Waals surface area contributed by atoms with Crippen LogP contribution in [0.2, 0.25) is 0 Å². The Labute approximate surface area is 163 Å². The topological polar surface area (TPSA) is 51.2 Å². The number of hydrogen-bond acceptors (Lipinski definition) is 5. The van der Waals surface area contributed by atoms with Crippen LogP contribution in [0.5, 0.6) is 0 Å². The van der Waals surface area contributed by atoms with Gasteiger partial charge in [-0.05, 0) is 42.3 Å². The first-order valence-electron chi connectivity index (χ1n) is 9.27. The Hall–Kier alpha value is -2.21. The normalized spacial score (nSPS) is 16.7. The molecule has 4 rings (SSSR count). The average molecular weight is 378 g/mol. The fourth-order valence-electron chi connectivity index (χ4n) is 3.35. The van der Waals surface area contributed by atoms with Crippen molar-refractivity contribution in [3.8, 4) is 0 Å². The van der Waals surface area contributed by atoms with Crippen LogP contribution >= 0.6 is 11.8 Å². The van der Waals surface area contributed by atoms with Crippen LogP contribution in [-0.4, -0.2) is 29.4 Å². The standard InChI is InChI=1S/C22H22N2O2S/c25-22(16-6-2-1-3-7-16)27-20-11-10-17(19-9-4-12-24-21(19)20)14-23-15-18-8-5-13-26-18/h1-4,6-7,9-12,18,23H,5,8,13-15H2. The van der Waals surface area contributed by atoms with E-state index in [-0.39, 0.29) is 5.12 Å². The summed E-state index contributed by atoms with van der Waals surface area (Å²) >= 11 is 1.24. The summed E-state index contributed by atoms with van der Waals surface area (Å²) in [6, 6.07) is 17.5. The van der Waals surface area contributed by atoms with Gasteiger partial charge in [-0.3, -0.25) is 9.78 Å². The van der Waals surface area contributed by atoms with Crippen LogP contribution in [0, 0.1) is 0 Å². The molecule has 27 heavy (non-hydrogen) atoms. The number of ether oxygens (including phenoxy) is 1. The first-order chi connectivity index (χ1) is 13.3. The second-order valence-electron chi connectivity index (χ2n) is 6.64. The molecule has 1 aliphatic rings. The van der Waals surface area contributed by atoms with Crippen molar-refractivity contribution >= 4 is 27.8 Å². The predicted octanol–water partition coefficient (Wildman–Crippen LogP) is 4.44. The molecule has 0 aliphatic carbocycles. The fourth-order valence-corrected chi connectivity index (χ4v) is 4.20. The zero-order chi connectivity index (χ0) is 18.5. The number of aromatic nitrogens is 1. The van der Waals surface area contributed by atoms with Crippen molar-refractivity contribution in [3.63, 3.8) is 0 Å². The van der Waals surface area contributed by atoms with Gasteiger partial charge in [-0.2, -0.15) is 0 Å². The lowest BCUT2D eigenvalue weighted by Crippen LogP contribution is -2.25. The SMILES string of the molecule is O=C(Sc1ccc(CNCC2CCCO2)c2cccnc12)c1ccccc1. The minimum Gasteiger partial charge on any atom is -0.377 e. The number of carbonyl (C=O) groups is 1. The van der Waals surface area contributed by atoms with Gasteiger partial charge in [-0.1, -0.05) is 42.5 Å². The monoisotopic (exact) mass is 378 g/mol. The number of rotatable bonds is 6. The molecule has 1 fully saturated rings. The van der Waals surface area contributed by atoms with Crippen molar-refractivity contribution < 1.29 is 9.53 Å². The lowest BCUT2D eigenvalue weighted by Gasteiger charge is -2.13. The Morgan fingerprint density at radius 1 is 1.15 bits per heavy atom. The van der Waals surface area contributed by atoms with Crippen LogP contribution in [0.4, 0.5) is 0 Å². The van der Waals surface area contributed by atoms with E-state index >= 15 is 0 Å². The summed E-state index contributed by atoms with van der Waals surface area (Å²) in [5, 5.41) is 4.62. The van der Waals surface area contributed by atoms with Crippen molar-refractivity contribution in [3.05, 3.63) is 71.9 Å². The number of nitrogens with zero attached hydrogens (tertiary/aromatic N) is 1. The van der Waals surface area contributed by atoms with Crippen LogP contribution in [0.15, 0.2) is 65.7 Å². The molecule has 1 N–H and O–H groups in total. The van der Waals surface area contributed by atoms with E-state index < -0.39 is 0 Å². The molecule has 1 aliphatic heterocycles. The molecule has 1 unspecified atom stereocenters. The summed E-state index contributed by atoms with van der Waals surface area (Å²) < 4.78 is 5.67. The fraction of sp³-hybridized carbons (Fsp3) is 0.273. The summed E-state index contributed by atoms with van der Waals surface area (Å²) in [6.07, 6.45) is 4.39. The van der Waals surface area contributed by atoms with Crippen LogP contribution in [0.3, 0.4) is 0 Å². The van der Waals surface area contributed by atoms with E-state index in [0.29, 0.717) is 11.7 Å². The van der Waals surface area contributed by atoms with E-state index in [1.165, 1.54) is 17.3 Å². The van der Waals surface area contributed by atoms with Crippen molar-refractivity contribution in [1.29, 1.82) is 0 Å². The number of carbonyl (C=O) groups excluding carboxylic acids is 1. The van der Waals surface area contributed by atoms with Gasteiger partial charge in [0.15, 0.2) is 0 Å². The van der Waals surface area contributed by atoms with Gasteiger partial charge in [0.25, 0.3) is 0 Å². The Morgan fingerprint density at radius 2 is 2.04 bits per heavy atom. The molecule has 0 saturated carbocycles. The van der Waals surface area contributed by atoms with Gasteiger partial charge in [0.1, 0.15) is 0 Å². The molecule has 1 aromatic heterocycles. The lowest BCUT2D eigenvalue weighted by atomic mass is 10.1. The van der Waals surface area contributed by atoms with E-state index in [1.54, 1.807) is 6.20 Å². The molecule has 0 spiro atoms. The van der Waals surface area contributed by atoms with E-state index in [9.17, 15) is 4.79 Å². The smallest absolute Gasteiger partial charge is 0.224 e. The van der Waals surface area contributed by atoms with Crippen molar-refractivity contribution in [1.82, 2.24) is 10.3 Å². The van der Waals surface area contributed by atoms with Crippen molar-refractivity contribution in [2.24, 2.45) is 0 Å². The van der Waals surface area contributed by atoms with Gasteiger partial charge >= 0.3 is 0 Å². The molecule has 0 radical (unpaired) electrons.